The van der Waals surface area contributed by atoms with Crippen molar-refractivity contribution in [2.75, 3.05) is 20.3 Å². The van der Waals surface area contributed by atoms with Crippen molar-refractivity contribution in [3.8, 4) is 28.5 Å². The van der Waals surface area contributed by atoms with Crippen molar-refractivity contribution in [2.24, 2.45) is 0 Å². The molecule has 1 aromatic heterocycles. The molecule has 1 aliphatic heterocycles. The number of carbonyl (C=O) groups is 1. The highest BCUT2D eigenvalue weighted by Crippen LogP contribution is 2.47. The zero-order chi connectivity index (χ0) is 25.1. The molecule has 0 radical (unpaired) electrons. The van der Waals surface area contributed by atoms with Crippen LogP contribution in [0.25, 0.3) is 11.3 Å². The molecule has 0 spiro atoms. The van der Waals surface area contributed by atoms with Crippen molar-refractivity contribution in [1.82, 2.24) is 15.1 Å². The van der Waals surface area contributed by atoms with Gasteiger partial charge in [0.05, 0.1) is 32.1 Å². The molecule has 1 atom stereocenters. The van der Waals surface area contributed by atoms with Crippen LogP contribution >= 0.6 is 0 Å². The van der Waals surface area contributed by atoms with Crippen LogP contribution < -0.4 is 14.2 Å². The van der Waals surface area contributed by atoms with E-state index in [4.69, 9.17) is 14.2 Å². The number of amides is 1. The smallest absolute Gasteiger partial charge is 0.273 e. The Labute approximate surface area is 212 Å². The van der Waals surface area contributed by atoms with E-state index in [1.807, 2.05) is 43.3 Å². The van der Waals surface area contributed by atoms with E-state index >= 15 is 0 Å². The number of fused-ring (bicyclic) bond motifs is 1. The highest BCUT2D eigenvalue weighted by molar-refractivity contribution is 6.00. The van der Waals surface area contributed by atoms with E-state index in [0.717, 1.165) is 72.4 Å². The summed E-state index contributed by atoms with van der Waals surface area (Å²) in [7, 11) is 1.65. The Balaban J connectivity index is 1.59. The van der Waals surface area contributed by atoms with Crippen molar-refractivity contribution in [2.45, 2.75) is 64.5 Å². The molecule has 0 bridgehead atoms. The highest BCUT2D eigenvalue weighted by atomic mass is 16.5. The largest absolute Gasteiger partial charge is 0.497 e. The number of nitrogens with one attached hydrogen (secondary N) is 1. The Morgan fingerprint density at radius 1 is 1.03 bits per heavy atom. The minimum atomic E-state index is -0.240. The van der Waals surface area contributed by atoms with Gasteiger partial charge in [-0.3, -0.25) is 9.89 Å². The van der Waals surface area contributed by atoms with Gasteiger partial charge in [0, 0.05) is 17.2 Å². The van der Waals surface area contributed by atoms with Gasteiger partial charge in [0.2, 0.25) is 0 Å². The molecule has 2 aromatic carbocycles. The molecule has 190 valence electrons. The van der Waals surface area contributed by atoms with Gasteiger partial charge in [-0.25, -0.2) is 0 Å². The molecule has 2 aliphatic rings. The van der Waals surface area contributed by atoms with Crippen molar-refractivity contribution < 1.29 is 19.0 Å². The number of ether oxygens (including phenoxy) is 3. The molecule has 1 fully saturated rings. The molecule has 2 heterocycles. The van der Waals surface area contributed by atoms with Crippen LogP contribution in [0.3, 0.4) is 0 Å². The van der Waals surface area contributed by atoms with E-state index in [9.17, 15) is 4.79 Å². The topological polar surface area (TPSA) is 76.7 Å². The zero-order valence-corrected chi connectivity index (χ0v) is 21.4. The highest BCUT2D eigenvalue weighted by Gasteiger charge is 2.46. The van der Waals surface area contributed by atoms with Crippen molar-refractivity contribution in [3.05, 3.63) is 59.3 Å². The number of aromatic amines is 1. The van der Waals surface area contributed by atoms with E-state index in [2.05, 4.69) is 28.1 Å². The van der Waals surface area contributed by atoms with E-state index in [-0.39, 0.29) is 18.0 Å². The predicted molar refractivity (Wildman–Crippen MR) is 139 cm³/mol. The number of unbranched alkanes of at least 4 members (excludes halogenated alkanes) is 1. The Kier molecular flexibility index (Phi) is 7.16. The average molecular weight is 490 g/mol. The van der Waals surface area contributed by atoms with Gasteiger partial charge in [0.25, 0.3) is 5.91 Å². The minimum absolute atomic E-state index is 0.0235. The van der Waals surface area contributed by atoms with Crippen molar-refractivity contribution in [1.29, 1.82) is 0 Å². The quantitative estimate of drug-likeness (QED) is 0.346. The third kappa shape index (κ3) is 4.43. The lowest BCUT2D eigenvalue weighted by atomic mass is 9.95. The van der Waals surface area contributed by atoms with Gasteiger partial charge >= 0.3 is 0 Å². The molecule has 3 aromatic rings. The second-order valence-corrected chi connectivity index (χ2v) is 9.48. The van der Waals surface area contributed by atoms with Gasteiger partial charge < -0.3 is 19.1 Å². The molecular formula is C29H35N3O4. The fourth-order valence-corrected chi connectivity index (χ4v) is 5.43. The fraction of sp³-hybridized carbons (Fsp3) is 0.448. The minimum Gasteiger partial charge on any atom is -0.497 e. The summed E-state index contributed by atoms with van der Waals surface area (Å²) in [6.07, 6.45) is 6.40. The first-order valence-corrected chi connectivity index (χ1v) is 13.1. The molecule has 1 N–H and O–H groups in total. The number of rotatable bonds is 10. The number of aromatic nitrogens is 2. The number of hydrogen-bond donors (Lipinski definition) is 1. The Bertz CT molecular complexity index is 1200. The normalized spacial score (nSPS) is 17.5. The lowest BCUT2D eigenvalue weighted by molar-refractivity contribution is 0.0660. The predicted octanol–water partition coefficient (Wildman–Crippen LogP) is 6.15. The molecule has 0 saturated heterocycles. The zero-order valence-electron chi connectivity index (χ0n) is 21.4. The maximum Gasteiger partial charge on any atom is 0.273 e. The van der Waals surface area contributed by atoms with Gasteiger partial charge in [-0.05, 0) is 68.1 Å². The van der Waals surface area contributed by atoms with Crippen LogP contribution in [0.4, 0.5) is 0 Å². The lowest BCUT2D eigenvalue weighted by Gasteiger charge is -2.32. The Morgan fingerprint density at radius 3 is 2.50 bits per heavy atom. The van der Waals surface area contributed by atoms with Crippen molar-refractivity contribution in [3.63, 3.8) is 0 Å². The number of nitrogens with zero attached hydrogens (tertiary/aromatic N) is 2. The summed E-state index contributed by atoms with van der Waals surface area (Å²) in [4.78, 5) is 15.8. The first-order valence-electron chi connectivity index (χ1n) is 13.1. The molecule has 1 unspecified atom stereocenters. The number of H-pyrrole nitrogens is 1. The molecule has 1 amide bonds. The first kappa shape index (κ1) is 24.2. The van der Waals surface area contributed by atoms with Gasteiger partial charge in [0.15, 0.2) is 11.5 Å². The summed E-state index contributed by atoms with van der Waals surface area (Å²) in [6, 6.07) is 13.9. The van der Waals surface area contributed by atoms with E-state index < -0.39 is 0 Å². The second-order valence-electron chi connectivity index (χ2n) is 9.48. The lowest BCUT2D eigenvalue weighted by Crippen LogP contribution is -2.37. The van der Waals surface area contributed by atoms with Crippen LogP contribution in [0.15, 0.2) is 42.5 Å². The first-order chi connectivity index (χ1) is 17.7. The van der Waals surface area contributed by atoms with Crippen LogP contribution in [-0.4, -0.2) is 47.4 Å². The molecule has 36 heavy (non-hydrogen) atoms. The van der Waals surface area contributed by atoms with Gasteiger partial charge in [-0.2, -0.15) is 5.10 Å². The van der Waals surface area contributed by atoms with E-state index in [1.165, 1.54) is 0 Å². The number of hydrogen-bond acceptors (Lipinski definition) is 5. The summed E-state index contributed by atoms with van der Waals surface area (Å²) in [5, 5.41) is 7.68. The molecule has 1 aliphatic carbocycles. The maximum atomic E-state index is 13.7. The van der Waals surface area contributed by atoms with Crippen molar-refractivity contribution >= 4 is 5.91 Å². The average Bonchev–Trinajstić information content (AvgIpc) is 3.63. The summed E-state index contributed by atoms with van der Waals surface area (Å²) in [5.74, 6) is 2.27. The van der Waals surface area contributed by atoms with Crippen LogP contribution in [-0.2, 0) is 0 Å². The molecule has 7 heteroatoms. The molecule has 1 saturated carbocycles. The van der Waals surface area contributed by atoms with Crippen LogP contribution in [0, 0.1) is 0 Å². The third-order valence-electron chi connectivity index (χ3n) is 7.22. The van der Waals surface area contributed by atoms with Crippen LogP contribution in [0.5, 0.6) is 17.2 Å². The van der Waals surface area contributed by atoms with Gasteiger partial charge in [-0.15, -0.1) is 0 Å². The monoisotopic (exact) mass is 489 g/mol. The Morgan fingerprint density at radius 2 is 1.81 bits per heavy atom. The van der Waals surface area contributed by atoms with Crippen LogP contribution in [0.2, 0.25) is 0 Å². The second kappa shape index (κ2) is 10.6. The van der Waals surface area contributed by atoms with Gasteiger partial charge in [-0.1, -0.05) is 32.3 Å². The molecule has 5 rings (SSSR count). The fourth-order valence-electron chi connectivity index (χ4n) is 5.43. The summed E-state index contributed by atoms with van der Waals surface area (Å²) < 4.78 is 17.4. The van der Waals surface area contributed by atoms with Crippen LogP contribution in [0.1, 0.15) is 80.0 Å². The number of benzene rings is 2. The standard InChI is InChI=1S/C29H35N3O4/c1-4-6-17-36-23-16-13-20(18-24(23)35-5-2)28-25-26(19-11-14-22(34-3)15-12-19)30-31-27(25)29(33)32(28)21-9-7-8-10-21/h11-16,18,21,28H,4-10,17H2,1-3H3,(H,30,31). The van der Waals surface area contributed by atoms with E-state index in [0.29, 0.717) is 24.7 Å². The number of methoxy groups -OCH3 is 1. The van der Waals surface area contributed by atoms with Gasteiger partial charge in [0.1, 0.15) is 11.4 Å². The summed E-state index contributed by atoms with van der Waals surface area (Å²) in [6.45, 7) is 5.31. The summed E-state index contributed by atoms with van der Waals surface area (Å²) >= 11 is 0. The third-order valence-corrected chi connectivity index (χ3v) is 7.22. The Hall–Kier alpha value is -3.48. The number of carbonyl (C=O) groups excluding carboxylic acids is 1. The van der Waals surface area contributed by atoms with E-state index in [1.54, 1.807) is 7.11 Å². The molecule has 7 nitrogen and oxygen atoms in total. The maximum absolute atomic E-state index is 13.7. The SMILES string of the molecule is CCCCOc1ccc(C2c3c(-c4ccc(OC)cc4)n[nH]c3C(=O)N2C2CCCC2)cc1OCC. The summed E-state index contributed by atoms with van der Waals surface area (Å²) in [5.41, 5.74) is 4.27. The molecular weight excluding hydrogens is 454 g/mol.